The third-order valence-electron chi connectivity index (χ3n) is 4.70. The van der Waals surface area contributed by atoms with Gasteiger partial charge in [0.1, 0.15) is 5.75 Å². The first-order chi connectivity index (χ1) is 12.7. The quantitative estimate of drug-likeness (QED) is 0.852. The molecule has 1 fully saturated rings. The molecule has 1 aliphatic rings. The molecule has 0 atom stereocenters. The van der Waals surface area contributed by atoms with Crippen LogP contribution in [0.15, 0.2) is 48.5 Å². The summed E-state index contributed by atoms with van der Waals surface area (Å²) in [6.07, 6.45) is 0.957. The van der Waals surface area contributed by atoms with Crippen LogP contribution in [0.25, 0.3) is 0 Å². The highest BCUT2D eigenvalue weighted by atomic mass is 16.5. The predicted molar refractivity (Wildman–Crippen MR) is 99.9 cm³/mol. The van der Waals surface area contributed by atoms with Gasteiger partial charge in [-0.2, -0.15) is 5.26 Å². The molecule has 0 bridgehead atoms. The average Bonchev–Trinajstić information content (AvgIpc) is 2.94. The van der Waals surface area contributed by atoms with Gasteiger partial charge in [-0.1, -0.05) is 12.1 Å². The number of nitriles is 1. The van der Waals surface area contributed by atoms with Gasteiger partial charge in [-0.15, -0.1) is 0 Å². The number of methoxy groups -OCH3 is 1. The van der Waals surface area contributed by atoms with Crippen LogP contribution in [0.2, 0.25) is 0 Å². The van der Waals surface area contributed by atoms with E-state index in [0.29, 0.717) is 11.1 Å². The predicted octanol–water partition coefficient (Wildman–Crippen LogP) is 2.91. The maximum Gasteiger partial charge on any atom is 0.253 e. The number of hydrogen-bond acceptors (Lipinski definition) is 4. The van der Waals surface area contributed by atoms with Gasteiger partial charge in [0.05, 0.1) is 18.7 Å². The van der Waals surface area contributed by atoms with E-state index in [1.807, 2.05) is 17.0 Å². The van der Waals surface area contributed by atoms with Gasteiger partial charge in [-0.05, 0) is 48.4 Å². The van der Waals surface area contributed by atoms with Crippen LogP contribution in [0.1, 0.15) is 27.9 Å². The number of nitrogens with zero attached hydrogens (tertiary/aromatic N) is 3. The lowest BCUT2D eigenvalue weighted by Gasteiger charge is -2.22. The molecule has 1 saturated heterocycles. The van der Waals surface area contributed by atoms with Crippen molar-refractivity contribution in [3.8, 4) is 11.8 Å². The molecular formula is C21H23N3O2. The molecule has 2 aromatic rings. The van der Waals surface area contributed by atoms with Crippen molar-refractivity contribution in [2.75, 3.05) is 33.3 Å². The lowest BCUT2D eigenvalue weighted by atomic mass is 10.1. The minimum atomic E-state index is 0.0424. The summed E-state index contributed by atoms with van der Waals surface area (Å²) in [5, 5.41) is 8.87. The second-order valence-electron chi connectivity index (χ2n) is 6.46. The van der Waals surface area contributed by atoms with Crippen molar-refractivity contribution < 1.29 is 9.53 Å². The molecule has 134 valence electrons. The highest BCUT2D eigenvalue weighted by molar-refractivity contribution is 5.94. The number of carbonyl (C=O) groups is 1. The van der Waals surface area contributed by atoms with Gasteiger partial charge in [0, 0.05) is 38.3 Å². The van der Waals surface area contributed by atoms with E-state index in [1.165, 1.54) is 5.56 Å². The van der Waals surface area contributed by atoms with Gasteiger partial charge < -0.3 is 9.64 Å². The Morgan fingerprint density at radius 2 is 1.77 bits per heavy atom. The van der Waals surface area contributed by atoms with Gasteiger partial charge in [0.15, 0.2) is 0 Å². The van der Waals surface area contributed by atoms with E-state index in [4.69, 9.17) is 10.00 Å². The van der Waals surface area contributed by atoms with Crippen molar-refractivity contribution in [1.82, 2.24) is 9.80 Å². The summed E-state index contributed by atoms with van der Waals surface area (Å²) < 4.78 is 5.20. The van der Waals surface area contributed by atoms with E-state index in [2.05, 4.69) is 23.1 Å². The van der Waals surface area contributed by atoms with Crippen LogP contribution in [-0.2, 0) is 6.54 Å². The number of benzene rings is 2. The van der Waals surface area contributed by atoms with Gasteiger partial charge in [0.25, 0.3) is 5.91 Å². The van der Waals surface area contributed by atoms with E-state index >= 15 is 0 Å². The molecule has 26 heavy (non-hydrogen) atoms. The molecule has 5 nitrogen and oxygen atoms in total. The van der Waals surface area contributed by atoms with Crippen molar-refractivity contribution in [2.24, 2.45) is 0 Å². The van der Waals surface area contributed by atoms with E-state index in [0.717, 1.165) is 44.9 Å². The Bertz CT molecular complexity index is 778. The summed E-state index contributed by atoms with van der Waals surface area (Å²) in [5.74, 6) is 0.907. The van der Waals surface area contributed by atoms with E-state index in [9.17, 15) is 4.79 Å². The second-order valence-corrected chi connectivity index (χ2v) is 6.46. The number of carbonyl (C=O) groups excluding carboxylic acids is 1. The average molecular weight is 349 g/mol. The fourth-order valence-electron chi connectivity index (χ4n) is 3.19. The van der Waals surface area contributed by atoms with Gasteiger partial charge in [-0.3, -0.25) is 9.69 Å². The highest BCUT2D eigenvalue weighted by Gasteiger charge is 2.20. The molecule has 1 amide bonds. The molecule has 1 heterocycles. The van der Waals surface area contributed by atoms with Gasteiger partial charge in [0.2, 0.25) is 0 Å². The van der Waals surface area contributed by atoms with Crippen LogP contribution >= 0.6 is 0 Å². The highest BCUT2D eigenvalue weighted by Crippen LogP contribution is 2.15. The molecule has 0 spiro atoms. The van der Waals surface area contributed by atoms with E-state index < -0.39 is 0 Å². The molecule has 3 rings (SSSR count). The van der Waals surface area contributed by atoms with Crippen molar-refractivity contribution in [2.45, 2.75) is 13.0 Å². The normalized spacial score (nSPS) is 15.2. The summed E-state index contributed by atoms with van der Waals surface area (Å²) in [6, 6.07) is 17.1. The Morgan fingerprint density at radius 1 is 1.04 bits per heavy atom. The third-order valence-corrected chi connectivity index (χ3v) is 4.70. The minimum absolute atomic E-state index is 0.0424. The van der Waals surface area contributed by atoms with Crippen molar-refractivity contribution in [3.05, 3.63) is 65.2 Å². The fraction of sp³-hybridized carbons (Fsp3) is 0.333. The maximum absolute atomic E-state index is 12.7. The number of rotatable bonds is 4. The SMILES string of the molecule is COc1ccc(CN2CCCN(C(=O)c3ccc(C#N)cc3)CC2)cc1. The fourth-order valence-corrected chi connectivity index (χ4v) is 3.19. The Morgan fingerprint density at radius 3 is 2.42 bits per heavy atom. The lowest BCUT2D eigenvalue weighted by Crippen LogP contribution is -2.35. The maximum atomic E-state index is 12.7. The van der Waals surface area contributed by atoms with E-state index in [-0.39, 0.29) is 5.91 Å². The first-order valence-corrected chi connectivity index (χ1v) is 8.84. The van der Waals surface area contributed by atoms with Crippen LogP contribution < -0.4 is 4.74 Å². The summed E-state index contributed by atoms with van der Waals surface area (Å²) in [5.41, 5.74) is 2.47. The van der Waals surface area contributed by atoms with Gasteiger partial charge >= 0.3 is 0 Å². The van der Waals surface area contributed by atoms with Crippen molar-refractivity contribution in [1.29, 1.82) is 5.26 Å². The lowest BCUT2D eigenvalue weighted by molar-refractivity contribution is 0.0761. The van der Waals surface area contributed by atoms with Crippen LogP contribution in [0.5, 0.6) is 5.75 Å². The molecule has 0 aliphatic carbocycles. The van der Waals surface area contributed by atoms with E-state index in [1.54, 1.807) is 31.4 Å². The van der Waals surface area contributed by atoms with Crippen LogP contribution in [0.3, 0.4) is 0 Å². The third kappa shape index (κ3) is 4.41. The summed E-state index contributed by atoms with van der Waals surface area (Å²) in [4.78, 5) is 17.0. The minimum Gasteiger partial charge on any atom is -0.497 e. The molecule has 0 N–H and O–H groups in total. The zero-order valence-corrected chi connectivity index (χ0v) is 15.0. The molecule has 5 heteroatoms. The Balaban J connectivity index is 1.58. The van der Waals surface area contributed by atoms with Crippen LogP contribution in [0.4, 0.5) is 0 Å². The second kappa shape index (κ2) is 8.50. The Hall–Kier alpha value is -2.84. The zero-order chi connectivity index (χ0) is 18.4. The Kier molecular flexibility index (Phi) is 5.88. The molecule has 0 saturated carbocycles. The zero-order valence-electron chi connectivity index (χ0n) is 15.0. The number of hydrogen-bond donors (Lipinski definition) is 0. The molecule has 0 unspecified atom stereocenters. The molecule has 0 aromatic heterocycles. The largest absolute Gasteiger partial charge is 0.497 e. The molecule has 1 aliphatic heterocycles. The smallest absolute Gasteiger partial charge is 0.253 e. The topological polar surface area (TPSA) is 56.6 Å². The summed E-state index contributed by atoms with van der Waals surface area (Å²) >= 11 is 0. The summed E-state index contributed by atoms with van der Waals surface area (Å²) in [6.45, 7) is 4.19. The van der Waals surface area contributed by atoms with Gasteiger partial charge in [-0.25, -0.2) is 0 Å². The molecule has 0 radical (unpaired) electrons. The molecular weight excluding hydrogens is 326 g/mol. The first kappa shape index (κ1) is 18.0. The monoisotopic (exact) mass is 349 g/mol. The Labute approximate surface area is 154 Å². The summed E-state index contributed by atoms with van der Waals surface area (Å²) in [7, 11) is 1.67. The molecule has 2 aromatic carbocycles. The number of amides is 1. The van der Waals surface area contributed by atoms with Crippen LogP contribution in [0, 0.1) is 11.3 Å². The van der Waals surface area contributed by atoms with Crippen molar-refractivity contribution >= 4 is 5.91 Å². The number of ether oxygens (including phenoxy) is 1. The first-order valence-electron chi connectivity index (χ1n) is 8.84. The van der Waals surface area contributed by atoms with Crippen molar-refractivity contribution in [3.63, 3.8) is 0 Å². The standard InChI is InChI=1S/C21H23N3O2/c1-26-20-9-5-18(6-10-20)16-23-11-2-12-24(14-13-23)21(25)19-7-3-17(15-22)4-8-19/h3-10H,2,11-14,16H2,1H3. The van der Waals surface area contributed by atoms with Crippen LogP contribution in [-0.4, -0.2) is 49.0 Å².